The van der Waals surface area contributed by atoms with Crippen LogP contribution >= 0.6 is 0 Å². The smallest absolute Gasteiger partial charge is 0.0544 e. The van der Waals surface area contributed by atoms with Crippen molar-refractivity contribution in [3.05, 3.63) is 121 Å². The fourth-order valence-electron chi connectivity index (χ4n) is 5.22. The van der Waals surface area contributed by atoms with Crippen LogP contribution in [0.25, 0.3) is 44.2 Å². The zero-order chi connectivity index (χ0) is 22.0. The van der Waals surface area contributed by atoms with Crippen LogP contribution in [0.1, 0.15) is 25.0 Å². The second-order valence-electron chi connectivity index (χ2n) is 9.27. The van der Waals surface area contributed by atoms with Gasteiger partial charge in [0.15, 0.2) is 0 Å². The van der Waals surface area contributed by atoms with Crippen molar-refractivity contribution in [3.63, 3.8) is 0 Å². The van der Waals surface area contributed by atoms with Gasteiger partial charge in [0.05, 0.1) is 11.0 Å². The number of allylic oxidation sites excluding steroid dienone is 2. The Balaban J connectivity index is 1.69. The molecule has 1 nitrogen and oxygen atoms in total. The highest BCUT2D eigenvalue weighted by Gasteiger charge is 2.36. The summed E-state index contributed by atoms with van der Waals surface area (Å²) in [6.07, 6.45) is 0. The Kier molecular flexibility index (Phi) is 3.88. The topological polar surface area (TPSA) is 4.93 Å². The van der Waals surface area contributed by atoms with Crippen LogP contribution in [-0.2, 0) is 5.41 Å². The van der Waals surface area contributed by atoms with Gasteiger partial charge >= 0.3 is 0 Å². The lowest BCUT2D eigenvalue weighted by Gasteiger charge is -2.21. The maximum atomic E-state index is 4.36. The molecule has 0 N–H and O–H groups in total. The fourth-order valence-corrected chi connectivity index (χ4v) is 5.22. The van der Waals surface area contributed by atoms with Crippen molar-refractivity contribution in [2.75, 3.05) is 0 Å². The van der Waals surface area contributed by atoms with Gasteiger partial charge in [-0.15, -0.1) is 0 Å². The van der Waals surface area contributed by atoms with Gasteiger partial charge < -0.3 is 4.57 Å². The second-order valence-corrected chi connectivity index (χ2v) is 9.27. The molecule has 0 radical (unpaired) electrons. The third-order valence-corrected chi connectivity index (χ3v) is 7.14. The highest BCUT2D eigenvalue weighted by molar-refractivity contribution is 6.11. The van der Waals surface area contributed by atoms with Crippen LogP contribution in [-0.4, -0.2) is 4.57 Å². The van der Waals surface area contributed by atoms with Crippen molar-refractivity contribution in [3.8, 4) is 16.8 Å². The Morgan fingerprint density at radius 3 is 2.19 bits per heavy atom. The Morgan fingerprint density at radius 1 is 0.656 bits per heavy atom. The Labute approximate surface area is 188 Å². The van der Waals surface area contributed by atoms with E-state index in [2.05, 4.69) is 123 Å². The molecule has 5 aromatic rings. The molecule has 0 unspecified atom stereocenters. The molecular formula is C31H25N. The minimum Gasteiger partial charge on any atom is -0.309 e. The molecule has 6 rings (SSSR count). The van der Waals surface area contributed by atoms with E-state index in [1.807, 2.05) is 0 Å². The Hall–Kier alpha value is -3.84. The largest absolute Gasteiger partial charge is 0.309 e. The van der Waals surface area contributed by atoms with Gasteiger partial charge in [0.25, 0.3) is 0 Å². The normalized spacial score (nSPS) is 14.9. The quantitative estimate of drug-likeness (QED) is 0.275. The van der Waals surface area contributed by atoms with E-state index >= 15 is 0 Å². The molecular weight excluding hydrogens is 386 g/mol. The van der Waals surface area contributed by atoms with Gasteiger partial charge in [0, 0.05) is 21.9 Å². The van der Waals surface area contributed by atoms with Gasteiger partial charge in [0.1, 0.15) is 0 Å². The average Bonchev–Trinajstić information content (AvgIpc) is 3.24. The third kappa shape index (κ3) is 2.51. The summed E-state index contributed by atoms with van der Waals surface area (Å²) in [5.74, 6) is 0. The van der Waals surface area contributed by atoms with E-state index in [-0.39, 0.29) is 5.41 Å². The minimum atomic E-state index is -0.117. The number of aromatic nitrogens is 1. The summed E-state index contributed by atoms with van der Waals surface area (Å²) < 4.78 is 2.40. The lowest BCUT2D eigenvalue weighted by Crippen LogP contribution is -2.14. The van der Waals surface area contributed by atoms with Crippen molar-refractivity contribution < 1.29 is 0 Å². The van der Waals surface area contributed by atoms with Crippen LogP contribution in [0.15, 0.2) is 110 Å². The van der Waals surface area contributed by atoms with Crippen LogP contribution in [0.2, 0.25) is 0 Å². The first-order valence-corrected chi connectivity index (χ1v) is 11.1. The highest BCUT2D eigenvalue weighted by Crippen LogP contribution is 2.50. The molecule has 154 valence electrons. The van der Waals surface area contributed by atoms with Crippen molar-refractivity contribution >= 4 is 27.4 Å². The van der Waals surface area contributed by atoms with E-state index < -0.39 is 0 Å². The lowest BCUT2D eigenvalue weighted by molar-refractivity contribution is 0.664. The SMILES string of the molecule is C=C1C(=C)C(C)(C)c2cc3c(cc21)c1ccccc1n3-c1cccc(-c2ccccc2)c1. The van der Waals surface area contributed by atoms with Crippen molar-refractivity contribution in [1.29, 1.82) is 0 Å². The van der Waals surface area contributed by atoms with Crippen LogP contribution in [0, 0.1) is 0 Å². The van der Waals surface area contributed by atoms with Gasteiger partial charge in [-0.1, -0.05) is 87.7 Å². The third-order valence-electron chi connectivity index (χ3n) is 7.14. The number of para-hydroxylation sites is 1. The monoisotopic (exact) mass is 411 g/mol. The summed E-state index contributed by atoms with van der Waals surface area (Å²) in [5, 5.41) is 2.52. The predicted molar refractivity (Wildman–Crippen MR) is 137 cm³/mol. The maximum absolute atomic E-state index is 4.36. The van der Waals surface area contributed by atoms with E-state index in [0.29, 0.717) is 0 Å². The summed E-state index contributed by atoms with van der Waals surface area (Å²) in [5.41, 5.74) is 10.7. The van der Waals surface area contributed by atoms with Crippen LogP contribution in [0.5, 0.6) is 0 Å². The summed E-state index contributed by atoms with van der Waals surface area (Å²) in [6.45, 7) is 13.2. The van der Waals surface area contributed by atoms with Crippen molar-refractivity contribution in [2.45, 2.75) is 19.3 Å². The highest BCUT2D eigenvalue weighted by atomic mass is 15.0. The van der Waals surface area contributed by atoms with Crippen LogP contribution in [0.3, 0.4) is 0 Å². The van der Waals surface area contributed by atoms with Gasteiger partial charge in [-0.05, 0) is 63.7 Å². The molecule has 1 aromatic heterocycles. The van der Waals surface area contributed by atoms with Gasteiger partial charge in [-0.25, -0.2) is 0 Å². The lowest BCUT2D eigenvalue weighted by atomic mass is 9.83. The molecule has 32 heavy (non-hydrogen) atoms. The average molecular weight is 412 g/mol. The summed E-state index contributed by atoms with van der Waals surface area (Å²) >= 11 is 0. The molecule has 0 amide bonds. The standard InChI is InChI=1S/C31H25N/c1-20-21(2)31(3,4)28-19-30-27(18-26(20)28)25-15-8-9-16-29(25)32(30)24-14-10-13-23(17-24)22-11-6-5-7-12-22/h5-19H,1-2H2,3-4H3. The molecule has 1 heterocycles. The first kappa shape index (κ1) is 18.9. The minimum absolute atomic E-state index is 0.117. The Bertz CT molecular complexity index is 1560. The Morgan fingerprint density at radius 2 is 1.38 bits per heavy atom. The van der Waals surface area contributed by atoms with E-state index in [0.717, 1.165) is 11.1 Å². The first-order chi connectivity index (χ1) is 15.5. The predicted octanol–water partition coefficient (Wildman–Crippen LogP) is 8.31. The number of nitrogens with zero attached hydrogens (tertiary/aromatic N) is 1. The zero-order valence-electron chi connectivity index (χ0n) is 18.5. The molecule has 0 bridgehead atoms. The summed E-state index contributed by atoms with van der Waals surface area (Å²) in [4.78, 5) is 0. The molecule has 1 heteroatoms. The molecule has 0 saturated heterocycles. The van der Waals surface area contributed by atoms with Crippen LogP contribution < -0.4 is 0 Å². The second kappa shape index (κ2) is 6.58. The molecule has 1 aliphatic carbocycles. The van der Waals surface area contributed by atoms with Gasteiger partial charge in [-0.2, -0.15) is 0 Å². The number of hydrogen-bond acceptors (Lipinski definition) is 0. The number of fused-ring (bicyclic) bond motifs is 4. The first-order valence-electron chi connectivity index (χ1n) is 11.1. The van der Waals surface area contributed by atoms with Crippen molar-refractivity contribution in [1.82, 2.24) is 4.57 Å². The molecule has 0 atom stereocenters. The maximum Gasteiger partial charge on any atom is 0.0544 e. The van der Waals surface area contributed by atoms with E-state index in [4.69, 9.17) is 0 Å². The van der Waals surface area contributed by atoms with E-state index in [1.165, 1.54) is 49.7 Å². The van der Waals surface area contributed by atoms with E-state index in [1.54, 1.807) is 0 Å². The number of rotatable bonds is 2. The molecule has 1 aliphatic rings. The van der Waals surface area contributed by atoms with E-state index in [9.17, 15) is 0 Å². The molecule has 4 aromatic carbocycles. The summed E-state index contributed by atoms with van der Waals surface area (Å²) in [6, 6.07) is 32.8. The number of benzene rings is 4. The molecule has 0 saturated carbocycles. The molecule has 0 aliphatic heterocycles. The van der Waals surface area contributed by atoms with Gasteiger partial charge in [-0.3, -0.25) is 0 Å². The molecule has 0 fully saturated rings. The zero-order valence-corrected chi connectivity index (χ0v) is 18.5. The number of hydrogen-bond donors (Lipinski definition) is 0. The molecule has 0 spiro atoms. The summed E-state index contributed by atoms with van der Waals surface area (Å²) in [7, 11) is 0. The van der Waals surface area contributed by atoms with Crippen LogP contribution in [0.4, 0.5) is 0 Å². The fraction of sp³-hybridized carbons (Fsp3) is 0.0968. The van der Waals surface area contributed by atoms with Gasteiger partial charge in [0.2, 0.25) is 0 Å². The van der Waals surface area contributed by atoms with Crippen molar-refractivity contribution in [2.24, 2.45) is 0 Å².